The van der Waals surface area contributed by atoms with Crippen molar-refractivity contribution in [1.29, 1.82) is 0 Å². The van der Waals surface area contributed by atoms with E-state index in [1.807, 2.05) is 35.8 Å². The third-order valence-corrected chi connectivity index (χ3v) is 7.44. The lowest BCUT2D eigenvalue weighted by atomic mass is 10.1. The predicted octanol–water partition coefficient (Wildman–Crippen LogP) is 5.61. The maximum Gasteiger partial charge on any atom is 0.294 e. The van der Waals surface area contributed by atoms with Gasteiger partial charge in [-0.25, -0.2) is 14.5 Å². The van der Waals surface area contributed by atoms with Crippen LogP contribution < -0.4 is 14.2 Å². The Labute approximate surface area is 203 Å². The first kappa shape index (κ1) is 20.9. The van der Waals surface area contributed by atoms with Gasteiger partial charge in [0.25, 0.3) is 5.19 Å². The van der Waals surface area contributed by atoms with Crippen LogP contribution in [0.5, 0.6) is 16.7 Å². The van der Waals surface area contributed by atoms with Crippen molar-refractivity contribution in [3.8, 4) is 27.3 Å². The van der Waals surface area contributed by atoms with E-state index >= 15 is 0 Å². The van der Waals surface area contributed by atoms with E-state index in [2.05, 4.69) is 29.4 Å². The van der Waals surface area contributed by atoms with Crippen LogP contribution in [0.4, 0.5) is 0 Å². The molecule has 0 bridgehead atoms. The summed E-state index contributed by atoms with van der Waals surface area (Å²) >= 11 is 3.04. The average molecular weight is 489 g/mol. The van der Waals surface area contributed by atoms with E-state index in [9.17, 15) is 0 Å². The Balaban J connectivity index is 1.26. The molecule has 0 saturated heterocycles. The summed E-state index contributed by atoms with van der Waals surface area (Å²) in [6, 6.07) is 14.2. The minimum Gasteiger partial charge on any atom is -0.497 e. The summed E-state index contributed by atoms with van der Waals surface area (Å²) in [5.41, 5.74) is 6.22. The number of nitrogens with zero attached hydrogens (tertiary/aromatic N) is 4. The van der Waals surface area contributed by atoms with Crippen LogP contribution in [0.15, 0.2) is 54.0 Å². The van der Waals surface area contributed by atoms with Crippen LogP contribution in [-0.4, -0.2) is 33.8 Å². The molecule has 170 valence electrons. The molecule has 1 aliphatic rings. The maximum absolute atomic E-state index is 6.25. The van der Waals surface area contributed by atoms with Crippen molar-refractivity contribution in [1.82, 2.24) is 19.6 Å². The molecule has 0 saturated carbocycles. The Morgan fingerprint density at radius 2 is 1.94 bits per heavy atom. The van der Waals surface area contributed by atoms with Gasteiger partial charge >= 0.3 is 0 Å². The second-order valence-corrected chi connectivity index (χ2v) is 9.55. The van der Waals surface area contributed by atoms with Gasteiger partial charge in [0.1, 0.15) is 23.1 Å². The highest BCUT2D eigenvalue weighted by molar-refractivity contribution is 7.18. The summed E-state index contributed by atoms with van der Waals surface area (Å²) in [5.74, 6) is 1.54. The fourth-order valence-electron chi connectivity index (χ4n) is 3.96. The molecule has 0 N–H and O–H groups in total. The van der Waals surface area contributed by atoms with Gasteiger partial charge in [-0.3, -0.25) is 0 Å². The Bertz CT molecular complexity index is 1490. The molecule has 0 spiro atoms. The second-order valence-electron chi connectivity index (χ2n) is 7.77. The van der Waals surface area contributed by atoms with Crippen molar-refractivity contribution in [2.24, 2.45) is 0 Å². The first-order valence-corrected chi connectivity index (χ1v) is 12.3. The molecule has 0 fully saturated rings. The molecule has 1 aliphatic carbocycles. The highest BCUT2D eigenvalue weighted by Crippen LogP contribution is 2.40. The van der Waals surface area contributed by atoms with E-state index in [0.717, 1.165) is 61.5 Å². The van der Waals surface area contributed by atoms with Gasteiger partial charge in [-0.15, -0.1) is 16.4 Å². The molecule has 0 amide bonds. The lowest BCUT2D eigenvalue weighted by Crippen LogP contribution is -1.99. The molecular formula is C25H20N4O3S2. The van der Waals surface area contributed by atoms with E-state index in [1.54, 1.807) is 30.1 Å². The molecule has 34 heavy (non-hydrogen) atoms. The molecule has 3 heterocycles. The van der Waals surface area contributed by atoms with Crippen molar-refractivity contribution < 1.29 is 14.2 Å². The van der Waals surface area contributed by atoms with Gasteiger partial charge in [0, 0.05) is 29.0 Å². The summed E-state index contributed by atoms with van der Waals surface area (Å²) in [5, 5.41) is 8.00. The van der Waals surface area contributed by atoms with Crippen LogP contribution >= 0.6 is 22.7 Å². The lowest BCUT2D eigenvalue weighted by molar-refractivity contribution is 0.299. The molecule has 2 aromatic carbocycles. The predicted molar refractivity (Wildman–Crippen MR) is 134 cm³/mol. The van der Waals surface area contributed by atoms with Crippen molar-refractivity contribution in [3.63, 3.8) is 0 Å². The van der Waals surface area contributed by atoms with Gasteiger partial charge in [-0.05, 0) is 34.6 Å². The van der Waals surface area contributed by atoms with Crippen LogP contribution in [0, 0.1) is 0 Å². The molecular weight excluding hydrogens is 468 g/mol. The molecule has 5 aromatic rings. The average Bonchev–Trinajstić information content (AvgIpc) is 3.65. The fourth-order valence-corrected chi connectivity index (χ4v) is 5.47. The van der Waals surface area contributed by atoms with Crippen LogP contribution in [-0.2, 0) is 13.0 Å². The monoisotopic (exact) mass is 488 g/mol. The number of imidazole rings is 1. The summed E-state index contributed by atoms with van der Waals surface area (Å²) in [4.78, 5) is 10.3. The van der Waals surface area contributed by atoms with Crippen LogP contribution in [0.2, 0.25) is 0 Å². The number of benzene rings is 2. The second kappa shape index (κ2) is 8.58. The van der Waals surface area contributed by atoms with E-state index in [0.29, 0.717) is 11.8 Å². The number of hydrogen-bond acceptors (Lipinski definition) is 8. The molecule has 7 nitrogen and oxygen atoms in total. The summed E-state index contributed by atoms with van der Waals surface area (Å²) in [6.45, 7) is 0.385. The van der Waals surface area contributed by atoms with E-state index in [1.165, 1.54) is 11.3 Å². The summed E-state index contributed by atoms with van der Waals surface area (Å²) in [7, 11) is 3.28. The van der Waals surface area contributed by atoms with Crippen molar-refractivity contribution in [2.75, 3.05) is 14.2 Å². The quantitative estimate of drug-likeness (QED) is 0.297. The molecule has 3 aromatic heterocycles. The van der Waals surface area contributed by atoms with Crippen LogP contribution in [0.1, 0.15) is 22.5 Å². The molecule has 0 atom stereocenters. The Hall–Kier alpha value is -3.69. The van der Waals surface area contributed by atoms with Crippen molar-refractivity contribution >= 4 is 39.3 Å². The van der Waals surface area contributed by atoms with Gasteiger partial charge in [-0.1, -0.05) is 30.3 Å². The normalized spacial score (nSPS) is 12.6. The zero-order valence-electron chi connectivity index (χ0n) is 18.5. The lowest BCUT2D eigenvalue weighted by Gasteiger charge is -2.11. The number of hydrogen-bond donors (Lipinski definition) is 0. The number of methoxy groups -OCH3 is 2. The summed E-state index contributed by atoms with van der Waals surface area (Å²) in [6.07, 6.45) is 4.83. The highest BCUT2D eigenvalue weighted by Gasteiger charge is 2.22. The zero-order chi connectivity index (χ0) is 23.1. The Kier molecular flexibility index (Phi) is 5.27. The summed E-state index contributed by atoms with van der Waals surface area (Å²) < 4.78 is 18.7. The number of thiazole rings is 1. The molecule has 0 unspecified atom stereocenters. The number of allylic oxidation sites excluding steroid dienone is 1. The minimum atomic E-state index is 0.385. The molecule has 6 rings (SSSR count). The Morgan fingerprint density at radius 3 is 2.74 bits per heavy atom. The van der Waals surface area contributed by atoms with E-state index in [-0.39, 0.29) is 0 Å². The highest BCUT2D eigenvalue weighted by atomic mass is 32.1. The topological polar surface area (TPSA) is 70.8 Å². The van der Waals surface area contributed by atoms with Gasteiger partial charge in [0.2, 0.25) is 4.96 Å². The molecule has 0 aliphatic heterocycles. The van der Waals surface area contributed by atoms with Gasteiger partial charge in [0.15, 0.2) is 0 Å². The number of aromatic nitrogens is 4. The zero-order valence-corrected chi connectivity index (χ0v) is 20.2. The number of ether oxygens (including phenoxy) is 3. The van der Waals surface area contributed by atoms with Crippen LogP contribution in [0.3, 0.4) is 0 Å². The van der Waals surface area contributed by atoms with Crippen molar-refractivity contribution in [3.05, 3.63) is 76.6 Å². The third-order valence-electron chi connectivity index (χ3n) is 5.61. The first-order valence-electron chi connectivity index (χ1n) is 10.6. The standard InChI is InChI=1S/C25H20N4O3S2/c1-30-19-9-16-8-17(21-12-29-24(27-21)34-25(28-29)31-2)10-20(16)22(11-19)32-13-18-14-33-23(26-18)15-6-4-3-5-7-15/h3-7,9-12,14H,8,13H2,1-2H3. The van der Waals surface area contributed by atoms with E-state index in [4.69, 9.17) is 24.2 Å². The SMILES string of the molecule is COc1cc2c(c(OCc3csc(-c4ccccc4)n3)c1)C=C(c1cn3nc(OC)sc3n1)C2. The van der Waals surface area contributed by atoms with Gasteiger partial charge in [-0.2, -0.15) is 0 Å². The smallest absolute Gasteiger partial charge is 0.294 e. The van der Waals surface area contributed by atoms with Gasteiger partial charge in [0.05, 0.1) is 31.8 Å². The first-order chi connectivity index (χ1) is 16.7. The third kappa shape index (κ3) is 3.82. The largest absolute Gasteiger partial charge is 0.497 e. The fraction of sp³-hybridized carbons (Fsp3) is 0.160. The number of fused-ring (bicyclic) bond motifs is 2. The van der Waals surface area contributed by atoms with Crippen LogP contribution in [0.25, 0.3) is 27.2 Å². The molecule has 0 radical (unpaired) electrons. The van der Waals surface area contributed by atoms with E-state index < -0.39 is 0 Å². The van der Waals surface area contributed by atoms with Gasteiger partial charge < -0.3 is 14.2 Å². The number of rotatable bonds is 7. The maximum atomic E-state index is 6.25. The Morgan fingerprint density at radius 1 is 1.06 bits per heavy atom. The minimum absolute atomic E-state index is 0.385. The molecule has 9 heteroatoms. The van der Waals surface area contributed by atoms with Crippen molar-refractivity contribution in [2.45, 2.75) is 13.0 Å².